The third-order valence-corrected chi connectivity index (χ3v) is 4.24. The third kappa shape index (κ3) is 3.26. The van der Waals surface area contributed by atoms with E-state index < -0.39 is 0 Å². The normalized spacial score (nSPS) is 16.8. The number of rotatable bonds is 4. The van der Waals surface area contributed by atoms with Crippen molar-refractivity contribution in [2.45, 2.75) is 25.8 Å². The highest BCUT2D eigenvalue weighted by atomic mass is 15.3. The lowest BCUT2D eigenvalue weighted by Gasteiger charge is -2.25. The second-order valence-electron chi connectivity index (χ2n) is 5.98. The van der Waals surface area contributed by atoms with Crippen LogP contribution in [-0.4, -0.2) is 31.5 Å². The number of pyridine rings is 1. The molecule has 3 aromatic rings. The Morgan fingerprint density at radius 3 is 2.68 bits per heavy atom. The molecule has 0 bridgehead atoms. The summed E-state index contributed by atoms with van der Waals surface area (Å²) in [5.41, 5.74) is 1.85. The van der Waals surface area contributed by atoms with Crippen LogP contribution in [0.5, 0.6) is 0 Å². The number of hydrogen-bond acceptors (Lipinski definition) is 7. The molecule has 4 heterocycles. The first kappa shape index (κ1) is 15.4. The van der Waals surface area contributed by atoms with Crippen LogP contribution >= 0.6 is 0 Å². The number of nitrogens with zero attached hydrogens (tertiary/aromatic N) is 6. The van der Waals surface area contributed by atoms with E-state index in [2.05, 4.69) is 35.1 Å². The maximum Gasteiger partial charge on any atom is 0.225 e. The average molecular weight is 333 g/mol. The van der Waals surface area contributed by atoms with E-state index >= 15 is 0 Å². The zero-order chi connectivity index (χ0) is 17.1. The standard InChI is InChI=1S/C18H19N7/c1-13-5-2-7-15(23-13)24-17-16(19-10-11-20-17)14-6-3-12-25(14)18-21-8-4-9-22-18/h2,4-5,7-11,14H,3,6,12H2,1H3,(H,20,23,24)/t14-/m1/s1. The van der Waals surface area contributed by atoms with Crippen molar-refractivity contribution in [1.29, 1.82) is 0 Å². The molecular weight excluding hydrogens is 314 g/mol. The molecule has 1 atom stereocenters. The fourth-order valence-corrected chi connectivity index (χ4v) is 3.15. The average Bonchev–Trinajstić information content (AvgIpc) is 3.12. The quantitative estimate of drug-likeness (QED) is 0.786. The first-order chi connectivity index (χ1) is 12.3. The van der Waals surface area contributed by atoms with Crippen molar-refractivity contribution in [2.24, 2.45) is 0 Å². The van der Waals surface area contributed by atoms with Gasteiger partial charge < -0.3 is 10.2 Å². The highest BCUT2D eigenvalue weighted by molar-refractivity contribution is 5.56. The van der Waals surface area contributed by atoms with Crippen LogP contribution in [0.4, 0.5) is 17.6 Å². The molecule has 1 saturated heterocycles. The first-order valence-electron chi connectivity index (χ1n) is 8.36. The Hall–Kier alpha value is -3.09. The second-order valence-corrected chi connectivity index (χ2v) is 5.98. The highest BCUT2D eigenvalue weighted by Crippen LogP contribution is 2.36. The van der Waals surface area contributed by atoms with Gasteiger partial charge in [-0.3, -0.25) is 4.98 Å². The Bertz CT molecular complexity index is 853. The summed E-state index contributed by atoms with van der Waals surface area (Å²) in [7, 11) is 0. The van der Waals surface area contributed by atoms with E-state index in [4.69, 9.17) is 0 Å². The molecule has 0 radical (unpaired) electrons. The molecule has 1 N–H and O–H groups in total. The van der Waals surface area contributed by atoms with Crippen LogP contribution in [0.3, 0.4) is 0 Å². The lowest BCUT2D eigenvalue weighted by Crippen LogP contribution is -2.26. The van der Waals surface area contributed by atoms with E-state index in [0.29, 0.717) is 0 Å². The monoisotopic (exact) mass is 333 g/mol. The van der Waals surface area contributed by atoms with Crippen molar-refractivity contribution in [2.75, 3.05) is 16.8 Å². The molecule has 0 spiro atoms. The predicted octanol–water partition coefficient (Wildman–Crippen LogP) is 3.06. The molecule has 0 aliphatic carbocycles. The topological polar surface area (TPSA) is 79.7 Å². The molecular formula is C18H19N7. The van der Waals surface area contributed by atoms with Gasteiger partial charge in [-0.2, -0.15) is 0 Å². The summed E-state index contributed by atoms with van der Waals surface area (Å²) >= 11 is 0. The smallest absolute Gasteiger partial charge is 0.225 e. The molecule has 1 fully saturated rings. The Labute approximate surface area is 146 Å². The van der Waals surface area contributed by atoms with Gasteiger partial charge in [-0.1, -0.05) is 6.07 Å². The summed E-state index contributed by atoms with van der Waals surface area (Å²) in [6.07, 6.45) is 9.02. The Kier molecular flexibility index (Phi) is 4.20. The molecule has 126 valence electrons. The van der Waals surface area contributed by atoms with E-state index in [1.54, 1.807) is 24.8 Å². The Morgan fingerprint density at radius 1 is 1.00 bits per heavy atom. The fourth-order valence-electron chi connectivity index (χ4n) is 3.15. The van der Waals surface area contributed by atoms with Crippen LogP contribution in [-0.2, 0) is 0 Å². The third-order valence-electron chi connectivity index (χ3n) is 4.24. The van der Waals surface area contributed by atoms with Crippen LogP contribution in [0.25, 0.3) is 0 Å². The number of hydrogen-bond donors (Lipinski definition) is 1. The van der Waals surface area contributed by atoms with Gasteiger partial charge in [-0.25, -0.2) is 19.9 Å². The van der Waals surface area contributed by atoms with Crippen molar-refractivity contribution in [3.63, 3.8) is 0 Å². The van der Waals surface area contributed by atoms with Crippen molar-refractivity contribution < 1.29 is 0 Å². The Morgan fingerprint density at radius 2 is 1.84 bits per heavy atom. The molecule has 1 aliphatic rings. The molecule has 3 aromatic heterocycles. The minimum absolute atomic E-state index is 0.100. The second kappa shape index (κ2) is 6.80. The molecule has 7 nitrogen and oxygen atoms in total. The van der Waals surface area contributed by atoms with Crippen molar-refractivity contribution in [3.8, 4) is 0 Å². The number of aryl methyl sites for hydroxylation is 1. The Balaban J connectivity index is 1.66. The van der Waals surface area contributed by atoms with Gasteiger partial charge in [0.2, 0.25) is 5.95 Å². The van der Waals surface area contributed by atoms with Gasteiger partial charge in [-0.05, 0) is 38.0 Å². The van der Waals surface area contributed by atoms with Crippen molar-refractivity contribution in [3.05, 3.63) is 60.4 Å². The van der Waals surface area contributed by atoms with Crippen LogP contribution < -0.4 is 10.2 Å². The summed E-state index contributed by atoms with van der Waals surface area (Å²) in [5.74, 6) is 2.23. The van der Waals surface area contributed by atoms with E-state index in [9.17, 15) is 0 Å². The number of aromatic nitrogens is 5. The molecule has 0 amide bonds. The summed E-state index contributed by atoms with van der Waals surface area (Å²) in [4.78, 5) is 24.6. The molecule has 4 rings (SSSR count). The van der Waals surface area contributed by atoms with Gasteiger partial charge in [0.05, 0.1) is 6.04 Å². The fraction of sp³-hybridized carbons (Fsp3) is 0.278. The van der Waals surface area contributed by atoms with Crippen molar-refractivity contribution >= 4 is 17.6 Å². The van der Waals surface area contributed by atoms with Crippen LogP contribution in [0.15, 0.2) is 49.1 Å². The zero-order valence-corrected chi connectivity index (χ0v) is 14.0. The van der Waals surface area contributed by atoms with E-state index in [0.717, 1.165) is 48.4 Å². The van der Waals surface area contributed by atoms with Gasteiger partial charge in [0.25, 0.3) is 0 Å². The molecule has 0 saturated carbocycles. The zero-order valence-electron chi connectivity index (χ0n) is 14.0. The lowest BCUT2D eigenvalue weighted by molar-refractivity contribution is 0.677. The van der Waals surface area contributed by atoms with Gasteiger partial charge >= 0.3 is 0 Å². The van der Waals surface area contributed by atoms with Gasteiger partial charge in [-0.15, -0.1) is 0 Å². The van der Waals surface area contributed by atoms with Crippen LogP contribution in [0.1, 0.15) is 30.3 Å². The van der Waals surface area contributed by atoms with Gasteiger partial charge in [0, 0.05) is 37.0 Å². The SMILES string of the molecule is Cc1cccc(Nc2nccnc2[C@H]2CCCN2c2ncccn2)n1. The molecule has 0 unspecified atom stereocenters. The summed E-state index contributed by atoms with van der Waals surface area (Å²) in [6.45, 7) is 2.88. The molecule has 25 heavy (non-hydrogen) atoms. The van der Waals surface area contributed by atoms with Crippen LogP contribution in [0.2, 0.25) is 0 Å². The minimum Gasteiger partial charge on any atom is -0.332 e. The maximum absolute atomic E-state index is 4.61. The highest BCUT2D eigenvalue weighted by Gasteiger charge is 2.31. The van der Waals surface area contributed by atoms with E-state index in [-0.39, 0.29) is 6.04 Å². The van der Waals surface area contributed by atoms with E-state index in [1.165, 1.54) is 0 Å². The van der Waals surface area contributed by atoms with Crippen molar-refractivity contribution in [1.82, 2.24) is 24.9 Å². The summed E-state index contributed by atoms with van der Waals surface area (Å²) in [6, 6.07) is 7.79. The van der Waals surface area contributed by atoms with Gasteiger partial charge in [0.1, 0.15) is 11.5 Å². The molecule has 0 aromatic carbocycles. The van der Waals surface area contributed by atoms with E-state index in [1.807, 2.05) is 31.2 Å². The van der Waals surface area contributed by atoms with Crippen LogP contribution in [0, 0.1) is 6.92 Å². The number of nitrogens with one attached hydrogen (secondary N) is 1. The largest absolute Gasteiger partial charge is 0.332 e. The lowest BCUT2D eigenvalue weighted by atomic mass is 10.1. The summed E-state index contributed by atoms with van der Waals surface area (Å²) in [5, 5.41) is 3.31. The maximum atomic E-state index is 4.61. The minimum atomic E-state index is 0.100. The molecule has 1 aliphatic heterocycles. The predicted molar refractivity (Wildman–Crippen MR) is 95.6 cm³/mol. The first-order valence-corrected chi connectivity index (χ1v) is 8.36. The number of anilines is 3. The van der Waals surface area contributed by atoms with Gasteiger partial charge in [0.15, 0.2) is 5.82 Å². The molecule has 7 heteroatoms. The summed E-state index contributed by atoms with van der Waals surface area (Å²) < 4.78 is 0.